The zero-order valence-electron chi connectivity index (χ0n) is 10.0. The molecule has 1 aromatic rings. The van der Waals surface area contributed by atoms with Gasteiger partial charge in [0.25, 0.3) is 0 Å². The van der Waals surface area contributed by atoms with Gasteiger partial charge in [0.05, 0.1) is 12.2 Å². The van der Waals surface area contributed by atoms with Crippen molar-refractivity contribution in [1.29, 1.82) is 5.26 Å². The average molecular weight is 218 g/mol. The fourth-order valence-corrected chi connectivity index (χ4v) is 1.52. The highest BCUT2D eigenvalue weighted by atomic mass is 16.3. The fourth-order valence-electron chi connectivity index (χ4n) is 1.52. The molecule has 3 nitrogen and oxygen atoms in total. The first kappa shape index (κ1) is 12.5. The van der Waals surface area contributed by atoms with Crippen LogP contribution in [0.1, 0.15) is 25.0 Å². The zero-order valence-corrected chi connectivity index (χ0v) is 10.0. The molecule has 0 bridgehead atoms. The quantitative estimate of drug-likeness (QED) is 0.843. The molecule has 2 atom stereocenters. The second-order valence-electron chi connectivity index (χ2n) is 4.27. The van der Waals surface area contributed by atoms with Crippen molar-refractivity contribution < 1.29 is 5.11 Å². The predicted molar refractivity (Wildman–Crippen MR) is 65.1 cm³/mol. The maximum absolute atomic E-state index is 9.89. The number of nitriles is 1. The maximum Gasteiger partial charge on any atom is 0.0802 e. The molecule has 1 aromatic carbocycles. The topological polar surface area (TPSA) is 47.3 Å². The Hall–Kier alpha value is -1.53. The molecule has 0 amide bonds. The van der Waals surface area contributed by atoms with Crippen molar-refractivity contribution in [2.24, 2.45) is 5.92 Å². The van der Waals surface area contributed by atoms with E-state index in [0.29, 0.717) is 6.42 Å². The van der Waals surface area contributed by atoms with Crippen LogP contribution in [-0.2, 0) is 0 Å². The lowest BCUT2D eigenvalue weighted by atomic mass is 9.99. The molecule has 0 spiro atoms. The van der Waals surface area contributed by atoms with E-state index in [-0.39, 0.29) is 5.92 Å². The van der Waals surface area contributed by atoms with E-state index in [1.165, 1.54) is 0 Å². The van der Waals surface area contributed by atoms with Gasteiger partial charge in [-0.1, -0.05) is 12.1 Å². The van der Waals surface area contributed by atoms with E-state index < -0.39 is 6.10 Å². The lowest BCUT2D eigenvalue weighted by Crippen LogP contribution is -2.09. The molecular formula is C13H18N2O. The van der Waals surface area contributed by atoms with Gasteiger partial charge in [-0.2, -0.15) is 5.26 Å². The minimum absolute atomic E-state index is 0.122. The van der Waals surface area contributed by atoms with Gasteiger partial charge in [0.2, 0.25) is 0 Å². The van der Waals surface area contributed by atoms with Crippen molar-refractivity contribution in [2.75, 3.05) is 19.0 Å². The second-order valence-corrected chi connectivity index (χ2v) is 4.27. The van der Waals surface area contributed by atoms with E-state index in [1.807, 2.05) is 50.2 Å². The third-order valence-electron chi connectivity index (χ3n) is 2.59. The van der Waals surface area contributed by atoms with Gasteiger partial charge in [-0.3, -0.25) is 0 Å². The van der Waals surface area contributed by atoms with Crippen LogP contribution in [0.15, 0.2) is 24.3 Å². The Morgan fingerprint density at radius 3 is 2.31 bits per heavy atom. The molecule has 0 radical (unpaired) electrons. The highest BCUT2D eigenvalue weighted by molar-refractivity contribution is 5.46. The first-order chi connectivity index (χ1) is 7.54. The number of benzene rings is 1. The Morgan fingerprint density at radius 1 is 1.31 bits per heavy atom. The third kappa shape index (κ3) is 3.25. The smallest absolute Gasteiger partial charge is 0.0802 e. The minimum atomic E-state index is -0.550. The number of anilines is 1. The summed E-state index contributed by atoms with van der Waals surface area (Å²) in [5.74, 6) is -0.122. The van der Waals surface area contributed by atoms with E-state index in [9.17, 15) is 5.11 Å². The van der Waals surface area contributed by atoms with Gasteiger partial charge in [-0.15, -0.1) is 0 Å². The molecule has 0 fully saturated rings. The Labute approximate surface area is 96.9 Å². The highest BCUT2D eigenvalue weighted by Crippen LogP contribution is 2.22. The van der Waals surface area contributed by atoms with Crippen molar-refractivity contribution in [3.8, 4) is 6.07 Å². The fraction of sp³-hybridized carbons (Fsp3) is 0.462. The predicted octanol–water partition coefficient (Wildman–Crippen LogP) is 2.34. The maximum atomic E-state index is 9.89. The molecule has 0 aromatic heterocycles. The molecule has 2 unspecified atom stereocenters. The summed E-state index contributed by atoms with van der Waals surface area (Å²) in [6, 6.07) is 9.88. The number of aliphatic hydroxyl groups excluding tert-OH is 1. The molecule has 1 rings (SSSR count). The molecule has 3 heteroatoms. The van der Waals surface area contributed by atoms with Gasteiger partial charge in [-0.25, -0.2) is 0 Å². The Morgan fingerprint density at radius 2 is 1.88 bits per heavy atom. The van der Waals surface area contributed by atoms with E-state index in [4.69, 9.17) is 5.26 Å². The largest absolute Gasteiger partial charge is 0.388 e. The van der Waals surface area contributed by atoms with Crippen molar-refractivity contribution in [2.45, 2.75) is 19.4 Å². The zero-order chi connectivity index (χ0) is 12.1. The van der Waals surface area contributed by atoms with Crippen LogP contribution in [0, 0.1) is 17.2 Å². The lowest BCUT2D eigenvalue weighted by Gasteiger charge is -2.15. The molecule has 0 aliphatic heterocycles. The Bertz CT molecular complexity index is 365. The summed E-state index contributed by atoms with van der Waals surface area (Å²) in [5.41, 5.74) is 1.97. The van der Waals surface area contributed by atoms with E-state index in [1.54, 1.807) is 0 Å². The van der Waals surface area contributed by atoms with Crippen molar-refractivity contribution >= 4 is 5.69 Å². The third-order valence-corrected chi connectivity index (χ3v) is 2.59. The van der Waals surface area contributed by atoms with Crippen LogP contribution >= 0.6 is 0 Å². The van der Waals surface area contributed by atoms with Crippen LogP contribution in [-0.4, -0.2) is 19.2 Å². The van der Waals surface area contributed by atoms with Gasteiger partial charge < -0.3 is 10.0 Å². The van der Waals surface area contributed by atoms with Crippen LogP contribution in [0.5, 0.6) is 0 Å². The van der Waals surface area contributed by atoms with Crippen LogP contribution in [0.2, 0.25) is 0 Å². The van der Waals surface area contributed by atoms with Gasteiger partial charge in [0.15, 0.2) is 0 Å². The average Bonchev–Trinajstić information content (AvgIpc) is 2.28. The molecule has 86 valence electrons. The van der Waals surface area contributed by atoms with Crippen LogP contribution in [0.4, 0.5) is 5.69 Å². The Kier molecular flexibility index (Phi) is 4.33. The van der Waals surface area contributed by atoms with Gasteiger partial charge in [0.1, 0.15) is 0 Å². The molecule has 1 N–H and O–H groups in total. The SMILES string of the molecule is CC(C#N)CC(O)c1ccc(N(C)C)cc1. The Balaban J connectivity index is 2.71. The first-order valence-electron chi connectivity index (χ1n) is 5.39. The van der Waals surface area contributed by atoms with Gasteiger partial charge in [0, 0.05) is 25.7 Å². The lowest BCUT2D eigenvalue weighted by molar-refractivity contribution is 0.156. The van der Waals surface area contributed by atoms with Crippen molar-refractivity contribution in [3.05, 3.63) is 29.8 Å². The number of aliphatic hydroxyl groups is 1. The van der Waals surface area contributed by atoms with Crippen molar-refractivity contribution in [3.63, 3.8) is 0 Å². The summed E-state index contributed by atoms with van der Waals surface area (Å²) in [7, 11) is 3.95. The molecular weight excluding hydrogens is 200 g/mol. The normalized spacial score (nSPS) is 13.9. The van der Waals surface area contributed by atoms with Crippen LogP contribution in [0.25, 0.3) is 0 Å². The van der Waals surface area contributed by atoms with Crippen LogP contribution < -0.4 is 4.90 Å². The monoisotopic (exact) mass is 218 g/mol. The van der Waals surface area contributed by atoms with E-state index in [0.717, 1.165) is 11.3 Å². The van der Waals surface area contributed by atoms with Gasteiger partial charge >= 0.3 is 0 Å². The number of hydrogen-bond acceptors (Lipinski definition) is 3. The second kappa shape index (κ2) is 5.53. The minimum Gasteiger partial charge on any atom is -0.388 e. The van der Waals surface area contributed by atoms with Crippen LogP contribution in [0.3, 0.4) is 0 Å². The van der Waals surface area contributed by atoms with E-state index >= 15 is 0 Å². The molecule has 0 heterocycles. The number of nitrogens with zero attached hydrogens (tertiary/aromatic N) is 2. The number of hydrogen-bond donors (Lipinski definition) is 1. The summed E-state index contributed by atoms with van der Waals surface area (Å²) in [6.07, 6.45) is -0.0662. The summed E-state index contributed by atoms with van der Waals surface area (Å²) in [5, 5.41) is 18.6. The molecule has 0 saturated heterocycles. The highest BCUT2D eigenvalue weighted by Gasteiger charge is 2.11. The molecule has 16 heavy (non-hydrogen) atoms. The summed E-state index contributed by atoms with van der Waals surface area (Å²) in [4.78, 5) is 2.01. The molecule has 0 aliphatic carbocycles. The van der Waals surface area contributed by atoms with E-state index in [2.05, 4.69) is 6.07 Å². The summed E-state index contributed by atoms with van der Waals surface area (Å²) < 4.78 is 0. The van der Waals surface area contributed by atoms with Gasteiger partial charge in [-0.05, 0) is 31.0 Å². The first-order valence-corrected chi connectivity index (χ1v) is 5.39. The molecule has 0 saturated carbocycles. The summed E-state index contributed by atoms with van der Waals surface area (Å²) in [6.45, 7) is 1.82. The molecule has 0 aliphatic rings. The number of rotatable bonds is 4. The van der Waals surface area contributed by atoms with Crippen molar-refractivity contribution in [1.82, 2.24) is 0 Å². The standard InChI is InChI=1S/C13H18N2O/c1-10(9-14)8-13(16)11-4-6-12(7-5-11)15(2)3/h4-7,10,13,16H,8H2,1-3H3. The summed E-state index contributed by atoms with van der Waals surface area (Å²) >= 11 is 0.